The predicted molar refractivity (Wildman–Crippen MR) is 126 cm³/mol. The zero-order valence-corrected chi connectivity index (χ0v) is 19.2. The summed E-state index contributed by atoms with van der Waals surface area (Å²) >= 11 is 1.33. The highest BCUT2D eigenvalue weighted by atomic mass is 32.2. The Balaban J connectivity index is 1.46. The molecule has 0 saturated carbocycles. The summed E-state index contributed by atoms with van der Waals surface area (Å²) < 4.78 is 18.5. The Bertz CT molecular complexity index is 1160. The van der Waals surface area contributed by atoms with Crippen LogP contribution in [-0.2, 0) is 17.9 Å². The zero-order valence-electron chi connectivity index (χ0n) is 18.4. The molecule has 0 atom stereocenters. The molecule has 0 aliphatic heterocycles. The molecule has 4 rings (SSSR count). The van der Waals surface area contributed by atoms with Crippen molar-refractivity contribution in [3.05, 3.63) is 84.6 Å². The Kier molecular flexibility index (Phi) is 7.31. The molecule has 0 aliphatic carbocycles. The van der Waals surface area contributed by atoms with E-state index in [0.717, 1.165) is 17.2 Å². The van der Waals surface area contributed by atoms with Crippen molar-refractivity contribution in [2.24, 2.45) is 0 Å². The van der Waals surface area contributed by atoms with Crippen LogP contribution in [0.4, 0.5) is 5.69 Å². The second-order valence-electron chi connectivity index (χ2n) is 7.11. The van der Waals surface area contributed by atoms with Gasteiger partial charge in [-0.05, 0) is 48.5 Å². The van der Waals surface area contributed by atoms with Crippen LogP contribution in [0.3, 0.4) is 0 Å². The summed E-state index contributed by atoms with van der Waals surface area (Å²) in [4.78, 5) is 14.3. The largest absolute Gasteiger partial charge is 0.497 e. The highest BCUT2D eigenvalue weighted by Crippen LogP contribution is 2.23. The normalized spacial score (nSPS) is 10.7. The second kappa shape index (κ2) is 10.7. The van der Waals surface area contributed by atoms with Gasteiger partial charge in [-0.2, -0.15) is 0 Å². The number of aromatic nitrogens is 3. The van der Waals surface area contributed by atoms with Crippen LogP contribution in [0.5, 0.6) is 11.5 Å². The van der Waals surface area contributed by atoms with Gasteiger partial charge in [0.15, 0.2) is 11.0 Å². The fourth-order valence-corrected chi connectivity index (χ4v) is 3.96. The average Bonchev–Trinajstić information content (AvgIpc) is 3.52. The van der Waals surface area contributed by atoms with Crippen molar-refractivity contribution in [2.45, 2.75) is 18.3 Å². The van der Waals surface area contributed by atoms with E-state index < -0.39 is 0 Å². The van der Waals surface area contributed by atoms with E-state index in [1.807, 2.05) is 71.3 Å². The number of furan rings is 1. The number of carbonyl (C=O) groups excluding carboxylic acids is 1. The van der Waals surface area contributed by atoms with Gasteiger partial charge in [-0.15, -0.1) is 10.2 Å². The fourth-order valence-electron chi connectivity index (χ4n) is 3.09. The summed E-state index contributed by atoms with van der Waals surface area (Å²) in [6.45, 7) is 0.658. The van der Waals surface area contributed by atoms with Crippen LogP contribution in [0.25, 0.3) is 0 Å². The van der Waals surface area contributed by atoms with Crippen molar-refractivity contribution in [1.29, 1.82) is 0 Å². The van der Waals surface area contributed by atoms with Gasteiger partial charge in [0.1, 0.15) is 23.9 Å². The van der Waals surface area contributed by atoms with Gasteiger partial charge in [0, 0.05) is 12.7 Å². The Morgan fingerprint density at radius 2 is 1.79 bits per heavy atom. The fraction of sp³-hybridized carbons (Fsp3) is 0.208. The third kappa shape index (κ3) is 5.75. The van der Waals surface area contributed by atoms with Gasteiger partial charge in [0.25, 0.3) is 0 Å². The van der Waals surface area contributed by atoms with E-state index in [0.29, 0.717) is 23.3 Å². The molecule has 0 saturated heterocycles. The lowest BCUT2D eigenvalue weighted by Gasteiger charge is -2.17. The number of methoxy groups -OCH3 is 1. The first-order valence-electron chi connectivity index (χ1n) is 10.3. The summed E-state index contributed by atoms with van der Waals surface area (Å²) in [6.07, 6.45) is 1.62. The van der Waals surface area contributed by atoms with Gasteiger partial charge in [-0.3, -0.25) is 9.36 Å². The number of ether oxygens (including phenoxy) is 2. The molecule has 0 bridgehead atoms. The van der Waals surface area contributed by atoms with Gasteiger partial charge in [0.05, 0.1) is 25.7 Å². The maximum absolute atomic E-state index is 12.7. The van der Waals surface area contributed by atoms with E-state index in [-0.39, 0.29) is 18.3 Å². The van der Waals surface area contributed by atoms with Crippen molar-refractivity contribution in [2.75, 3.05) is 24.8 Å². The Morgan fingerprint density at radius 3 is 2.48 bits per heavy atom. The number of nitrogens with zero attached hydrogens (tertiary/aromatic N) is 4. The molecule has 0 radical (unpaired) electrons. The number of rotatable bonds is 10. The van der Waals surface area contributed by atoms with E-state index in [9.17, 15) is 4.79 Å². The van der Waals surface area contributed by atoms with Crippen LogP contribution >= 0.6 is 11.8 Å². The van der Waals surface area contributed by atoms with Crippen LogP contribution in [0.1, 0.15) is 11.6 Å². The third-order valence-electron chi connectivity index (χ3n) is 4.96. The number of anilines is 1. The maximum atomic E-state index is 12.7. The number of para-hydroxylation sites is 1. The molecule has 0 unspecified atom stereocenters. The molecule has 170 valence electrons. The topological polar surface area (TPSA) is 82.6 Å². The Hall–Kier alpha value is -3.72. The van der Waals surface area contributed by atoms with E-state index in [1.165, 1.54) is 11.8 Å². The number of carbonyl (C=O) groups is 1. The molecular weight excluding hydrogens is 440 g/mol. The molecule has 2 aromatic heterocycles. The summed E-state index contributed by atoms with van der Waals surface area (Å²) in [5.74, 6) is 3.03. The molecular formula is C24H24N4O4S. The molecule has 0 spiro atoms. The minimum atomic E-state index is -0.0326. The van der Waals surface area contributed by atoms with E-state index >= 15 is 0 Å². The van der Waals surface area contributed by atoms with Gasteiger partial charge >= 0.3 is 0 Å². The van der Waals surface area contributed by atoms with Crippen LogP contribution in [0, 0.1) is 0 Å². The predicted octanol–water partition coefficient (Wildman–Crippen LogP) is 4.26. The zero-order chi connectivity index (χ0) is 23.0. The van der Waals surface area contributed by atoms with E-state index in [4.69, 9.17) is 13.9 Å². The first kappa shape index (κ1) is 22.5. The molecule has 0 N–H and O–H groups in total. The third-order valence-corrected chi connectivity index (χ3v) is 5.91. The van der Waals surface area contributed by atoms with Crippen molar-refractivity contribution in [3.8, 4) is 11.5 Å². The number of benzene rings is 2. The van der Waals surface area contributed by atoms with Crippen LogP contribution < -0.4 is 14.4 Å². The maximum Gasteiger partial charge on any atom is 0.237 e. The Labute approximate surface area is 196 Å². The molecule has 0 fully saturated rings. The molecule has 0 aliphatic rings. The van der Waals surface area contributed by atoms with Crippen molar-refractivity contribution < 1.29 is 18.7 Å². The molecule has 2 aromatic carbocycles. The molecule has 33 heavy (non-hydrogen) atoms. The van der Waals surface area contributed by atoms with Crippen molar-refractivity contribution in [3.63, 3.8) is 0 Å². The summed E-state index contributed by atoms with van der Waals surface area (Å²) in [5, 5.41) is 9.23. The number of thioether (sulfide) groups is 1. The highest BCUT2D eigenvalue weighted by molar-refractivity contribution is 7.99. The summed E-state index contributed by atoms with van der Waals surface area (Å²) in [6, 6.07) is 20.6. The first-order valence-corrected chi connectivity index (χ1v) is 11.3. The summed E-state index contributed by atoms with van der Waals surface area (Å²) in [7, 11) is 3.38. The number of hydrogen-bond donors (Lipinski definition) is 0. The lowest BCUT2D eigenvalue weighted by atomic mass is 10.3. The quantitative estimate of drug-likeness (QED) is 0.324. The SMILES string of the molecule is COc1ccc(OCc2nnc(SCC(=O)N(C)c3ccccc3)n2Cc2ccco2)cc1. The molecule has 1 amide bonds. The number of amides is 1. The molecule has 8 nitrogen and oxygen atoms in total. The smallest absolute Gasteiger partial charge is 0.237 e. The van der Waals surface area contributed by atoms with Crippen LogP contribution in [-0.4, -0.2) is 40.6 Å². The van der Waals surface area contributed by atoms with Gasteiger partial charge < -0.3 is 18.8 Å². The van der Waals surface area contributed by atoms with Gasteiger partial charge in [0.2, 0.25) is 5.91 Å². The Morgan fingerprint density at radius 1 is 1.03 bits per heavy atom. The van der Waals surface area contributed by atoms with E-state index in [1.54, 1.807) is 25.3 Å². The van der Waals surface area contributed by atoms with Gasteiger partial charge in [-0.25, -0.2) is 0 Å². The van der Waals surface area contributed by atoms with Crippen molar-refractivity contribution in [1.82, 2.24) is 14.8 Å². The highest BCUT2D eigenvalue weighted by Gasteiger charge is 2.18. The monoisotopic (exact) mass is 464 g/mol. The van der Waals surface area contributed by atoms with Crippen molar-refractivity contribution >= 4 is 23.4 Å². The minimum absolute atomic E-state index is 0.0326. The molecule has 4 aromatic rings. The lowest BCUT2D eigenvalue weighted by molar-refractivity contribution is -0.115. The minimum Gasteiger partial charge on any atom is -0.497 e. The van der Waals surface area contributed by atoms with Gasteiger partial charge in [-0.1, -0.05) is 30.0 Å². The average molecular weight is 465 g/mol. The molecule has 2 heterocycles. The van der Waals surface area contributed by atoms with Crippen LogP contribution in [0.2, 0.25) is 0 Å². The second-order valence-corrected chi connectivity index (χ2v) is 8.05. The first-order chi connectivity index (χ1) is 16.1. The summed E-state index contributed by atoms with van der Waals surface area (Å²) in [5.41, 5.74) is 0.841. The lowest BCUT2D eigenvalue weighted by Crippen LogP contribution is -2.28. The molecule has 9 heteroatoms. The van der Waals surface area contributed by atoms with Crippen LogP contribution in [0.15, 0.2) is 82.6 Å². The standard InChI is InChI=1S/C24H24N4O4S/c1-27(18-7-4-3-5-8-18)23(29)17-33-24-26-25-22(28(24)15-21-9-6-14-31-21)16-32-20-12-10-19(30-2)11-13-20/h3-14H,15-17H2,1-2H3. The number of hydrogen-bond acceptors (Lipinski definition) is 7. The van der Waals surface area contributed by atoms with E-state index in [2.05, 4.69) is 10.2 Å².